The van der Waals surface area contributed by atoms with Crippen molar-refractivity contribution in [2.75, 3.05) is 4.90 Å². The summed E-state index contributed by atoms with van der Waals surface area (Å²) in [5.74, 6) is 0. The Morgan fingerprint density at radius 3 is 1.39 bits per heavy atom. The summed E-state index contributed by atoms with van der Waals surface area (Å²) in [7, 11) is 0. The van der Waals surface area contributed by atoms with E-state index in [1.807, 2.05) is 0 Å². The second-order valence-corrected chi connectivity index (χ2v) is 15.2. The van der Waals surface area contributed by atoms with Crippen molar-refractivity contribution >= 4 is 60.2 Å². The van der Waals surface area contributed by atoms with Crippen LogP contribution in [-0.2, 0) is 0 Å². The number of hydrogen-bond acceptors (Lipinski definition) is 1. The topological polar surface area (TPSA) is 3.24 Å². The Balaban J connectivity index is 1.20. The van der Waals surface area contributed by atoms with E-state index in [0.717, 1.165) is 17.1 Å². The molecule has 0 saturated carbocycles. The van der Waals surface area contributed by atoms with Gasteiger partial charge in [0.05, 0.1) is 5.69 Å². The van der Waals surface area contributed by atoms with Crippen molar-refractivity contribution in [2.24, 2.45) is 0 Å². The largest absolute Gasteiger partial charge is 0.310 e. The van der Waals surface area contributed by atoms with Crippen LogP contribution in [0.2, 0.25) is 0 Å². The maximum absolute atomic E-state index is 2.47. The van der Waals surface area contributed by atoms with Gasteiger partial charge in [-0.2, -0.15) is 0 Å². The molecule has 0 aliphatic rings. The summed E-state index contributed by atoms with van der Waals surface area (Å²) in [6, 6.07) is 86.3. The first-order valence-corrected chi connectivity index (χ1v) is 20.3. The summed E-state index contributed by atoms with van der Waals surface area (Å²) in [5.41, 5.74) is 13.1. The molecule has 0 radical (unpaired) electrons. The minimum Gasteiger partial charge on any atom is -0.310 e. The van der Waals surface area contributed by atoms with Gasteiger partial charge in [0.15, 0.2) is 0 Å². The van der Waals surface area contributed by atoms with E-state index in [-0.39, 0.29) is 0 Å². The molecule has 11 aromatic rings. The van der Waals surface area contributed by atoms with Crippen LogP contribution < -0.4 is 4.90 Å². The molecule has 1 nitrogen and oxygen atoms in total. The molecule has 0 atom stereocenters. The average Bonchev–Trinajstić information content (AvgIpc) is 3.32. The zero-order valence-corrected chi connectivity index (χ0v) is 32.5. The molecule has 0 aliphatic carbocycles. The van der Waals surface area contributed by atoms with Crippen molar-refractivity contribution < 1.29 is 0 Å². The Morgan fingerprint density at radius 1 is 0.237 bits per heavy atom. The summed E-state index contributed by atoms with van der Waals surface area (Å²) >= 11 is 0. The van der Waals surface area contributed by atoms with Crippen LogP contribution in [0.5, 0.6) is 0 Å². The van der Waals surface area contributed by atoms with Crippen LogP contribution in [-0.4, -0.2) is 0 Å². The van der Waals surface area contributed by atoms with Crippen LogP contribution in [0.1, 0.15) is 0 Å². The van der Waals surface area contributed by atoms with Gasteiger partial charge in [0.2, 0.25) is 0 Å². The average molecular weight is 750 g/mol. The minimum absolute atomic E-state index is 1.10. The van der Waals surface area contributed by atoms with E-state index in [2.05, 4.69) is 241 Å². The van der Waals surface area contributed by atoms with Crippen LogP contribution in [0.4, 0.5) is 17.1 Å². The van der Waals surface area contributed by atoms with Crippen LogP contribution in [0.15, 0.2) is 237 Å². The van der Waals surface area contributed by atoms with Gasteiger partial charge in [0.1, 0.15) is 0 Å². The third-order valence-corrected chi connectivity index (χ3v) is 11.8. The van der Waals surface area contributed by atoms with Crippen LogP contribution in [0, 0.1) is 0 Å². The third-order valence-electron chi connectivity index (χ3n) is 11.8. The van der Waals surface area contributed by atoms with Gasteiger partial charge >= 0.3 is 0 Å². The molecule has 0 aliphatic heterocycles. The van der Waals surface area contributed by atoms with Gasteiger partial charge in [0, 0.05) is 16.8 Å². The lowest BCUT2D eigenvalue weighted by Gasteiger charge is -2.29. The number of nitrogens with zero attached hydrogens (tertiary/aromatic N) is 1. The Hall–Kier alpha value is -7.74. The van der Waals surface area contributed by atoms with E-state index in [1.54, 1.807) is 0 Å². The molecular formula is C58H39N. The van der Waals surface area contributed by atoms with Gasteiger partial charge in [-0.3, -0.25) is 0 Å². The van der Waals surface area contributed by atoms with Gasteiger partial charge in [-0.1, -0.05) is 200 Å². The van der Waals surface area contributed by atoms with E-state index in [4.69, 9.17) is 0 Å². The van der Waals surface area contributed by atoms with Crippen molar-refractivity contribution in [2.45, 2.75) is 0 Å². The highest BCUT2D eigenvalue weighted by Crippen LogP contribution is 2.48. The minimum atomic E-state index is 1.10. The Kier molecular flexibility index (Phi) is 8.56. The first-order valence-electron chi connectivity index (χ1n) is 20.3. The van der Waals surface area contributed by atoms with E-state index < -0.39 is 0 Å². The molecule has 0 amide bonds. The lowest BCUT2D eigenvalue weighted by molar-refractivity contribution is 1.31. The molecule has 59 heavy (non-hydrogen) atoms. The summed E-state index contributed by atoms with van der Waals surface area (Å²) < 4.78 is 0. The lowest BCUT2D eigenvalue weighted by atomic mass is 9.85. The summed E-state index contributed by atoms with van der Waals surface area (Å²) in [5, 5.41) is 9.77. The number of hydrogen-bond donors (Lipinski definition) is 0. The molecule has 276 valence electrons. The fourth-order valence-electron chi connectivity index (χ4n) is 9.08. The Labute approximate surface area is 344 Å². The molecule has 0 unspecified atom stereocenters. The molecule has 0 heterocycles. The zero-order chi connectivity index (χ0) is 39.1. The van der Waals surface area contributed by atoms with Crippen LogP contribution in [0.3, 0.4) is 0 Å². The van der Waals surface area contributed by atoms with Crippen molar-refractivity contribution in [1.82, 2.24) is 0 Å². The van der Waals surface area contributed by atoms with Gasteiger partial charge in [-0.05, 0) is 119 Å². The van der Waals surface area contributed by atoms with Gasteiger partial charge in [-0.25, -0.2) is 0 Å². The van der Waals surface area contributed by atoms with Crippen molar-refractivity contribution in [1.29, 1.82) is 0 Å². The summed E-state index contributed by atoms with van der Waals surface area (Å²) in [6.45, 7) is 0. The second-order valence-electron chi connectivity index (χ2n) is 15.2. The number of fused-ring (bicyclic) bond motifs is 5. The molecule has 11 aromatic carbocycles. The van der Waals surface area contributed by atoms with Crippen LogP contribution >= 0.6 is 0 Å². The SMILES string of the molecule is c1ccc(-c2ccc3cc(N(c4ccc5c(c4)c(-c4ccccc4)c(-c4ccccc4)c4ccccc45)c4ccc(-c5ccccc5)c5ccccc45)ccc3c2)cc1. The molecule has 0 spiro atoms. The number of benzene rings is 11. The molecule has 1 heteroatoms. The van der Waals surface area contributed by atoms with E-state index in [1.165, 1.54) is 87.6 Å². The highest BCUT2D eigenvalue weighted by molar-refractivity contribution is 6.22. The Morgan fingerprint density at radius 2 is 0.712 bits per heavy atom. The smallest absolute Gasteiger partial charge is 0.0540 e. The molecule has 0 bridgehead atoms. The molecule has 0 fully saturated rings. The van der Waals surface area contributed by atoms with Gasteiger partial charge < -0.3 is 4.90 Å². The summed E-state index contributed by atoms with van der Waals surface area (Å²) in [4.78, 5) is 2.47. The maximum Gasteiger partial charge on any atom is 0.0540 e. The first kappa shape index (κ1) is 34.5. The predicted octanol–water partition coefficient (Wildman–Crippen LogP) is 16.4. The molecule has 0 N–H and O–H groups in total. The number of rotatable bonds is 7. The standard InChI is InChI=1S/C58H39N/c1-5-17-40(18-6-1)44-29-30-46-38-47(32-31-45(46)37-44)59(56-36-35-49(41-19-7-2-8-20-41)50-25-13-15-27-53(50)56)48-33-34-52-51-26-14-16-28-54(51)57(42-21-9-3-10-22-42)58(55(52)39-48)43-23-11-4-12-24-43/h1-39H. The Bertz CT molecular complexity index is 3300. The highest BCUT2D eigenvalue weighted by Gasteiger charge is 2.22. The first-order chi connectivity index (χ1) is 29.3. The van der Waals surface area contributed by atoms with Gasteiger partial charge in [0.25, 0.3) is 0 Å². The normalized spacial score (nSPS) is 11.4. The maximum atomic E-state index is 2.47. The fourth-order valence-corrected chi connectivity index (χ4v) is 9.08. The van der Waals surface area contributed by atoms with E-state index in [9.17, 15) is 0 Å². The molecule has 11 rings (SSSR count). The zero-order valence-electron chi connectivity index (χ0n) is 32.5. The second kappa shape index (κ2) is 14.6. The van der Waals surface area contributed by atoms with Crippen LogP contribution in [0.25, 0.3) is 87.6 Å². The monoisotopic (exact) mass is 749 g/mol. The van der Waals surface area contributed by atoms with Crippen molar-refractivity contribution in [3.8, 4) is 44.5 Å². The van der Waals surface area contributed by atoms with Crippen molar-refractivity contribution in [3.63, 3.8) is 0 Å². The van der Waals surface area contributed by atoms with Crippen molar-refractivity contribution in [3.05, 3.63) is 237 Å². The third kappa shape index (κ3) is 6.12. The predicted molar refractivity (Wildman–Crippen MR) is 253 cm³/mol. The molecule has 0 aromatic heterocycles. The van der Waals surface area contributed by atoms with Gasteiger partial charge in [-0.15, -0.1) is 0 Å². The quantitative estimate of drug-likeness (QED) is 0.147. The highest BCUT2D eigenvalue weighted by atomic mass is 15.1. The lowest BCUT2D eigenvalue weighted by Crippen LogP contribution is -2.11. The summed E-state index contributed by atoms with van der Waals surface area (Å²) in [6.07, 6.45) is 0. The van der Waals surface area contributed by atoms with E-state index in [0.29, 0.717) is 0 Å². The molecular weight excluding hydrogens is 711 g/mol. The fraction of sp³-hybridized carbons (Fsp3) is 0. The van der Waals surface area contributed by atoms with E-state index >= 15 is 0 Å². The number of anilines is 3. The molecule has 0 saturated heterocycles.